The summed E-state index contributed by atoms with van der Waals surface area (Å²) in [5.41, 5.74) is 1.31. The fraction of sp³-hybridized carbons (Fsp3) is 0.611. The quantitative estimate of drug-likeness (QED) is 0.859. The van der Waals surface area contributed by atoms with E-state index in [0.29, 0.717) is 12.1 Å². The summed E-state index contributed by atoms with van der Waals surface area (Å²) in [5, 5.41) is 9.74. The summed E-state index contributed by atoms with van der Waals surface area (Å²) in [7, 11) is 1.92. The normalized spacial score (nSPS) is 21.1. The molecular weight excluding hydrogens is 312 g/mol. The van der Waals surface area contributed by atoms with Crippen molar-refractivity contribution in [1.82, 2.24) is 9.80 Å². The standard InChI is InChI=1S/C18H27ClN2O2/c1-3-17(14-6-8-15(19)9-7-14)21-11-4-5-16(10-12-21)20(2)13-18(22)23/h6-9,16-17H,3-5,10-13H2,1-2H3,(H,22,23). The number of hydrogen-bond acceptors (Lipinski definition) is 3. The maximum Gasteiger partial charge on any atom is 0.317 e. The number of carboxylic acid groups (broad SMARTS) is 1. The Balaban J connectivity index is 2.00. The van der Waals surface area contributed by atoms with Crippen LogP contribution in [0.25, 0.3) is 0 Å². The number of nitrogens with zero attached hydrogens (tertiary/aromatic N) is 2. The Kier molecular flexibility index (Phi) is 6.88. The number of likely N-dealkylation sites (tertiary alicyclic amines) is 1. The maximum atomic E-state index is 10.9. The van der Waals surface area contributed by atoms with Gasteiger partial charge in [-0.05, 0) is 57.0 Å². The Hall–Kier alpha value is -1.10. The molecule has 0 aromatic heterocycles. The third-order valence-electron chi connectivity index (χ3n) is 4.82. The minimum Gasteiger partial charge on any atom is -0.480 e. The minimum atomic E-state index is -0.749. The van der Waals surface area contributed by atoms with E-state index in [-0.39, 0.29) is 6.54 Å². The van der Waals surface area contributed by atoms with Crippen molar-refractivity contribution < 1.29 is 9.90 Å². The van der Waals surface area contributed by atoms with E-state index in [9.17, 15) is 4.79 Å². The molecule has 128 valence electrons. The average Bonchev–Trinajstić information content (AvgIpc) is 2.75. The zero-order chi connectivity index (χ0) is 16.8. The monoisotopic (exact) mass is 338 g/mol. The van der Waals surface area contributed by atoms with Gasteiger partial charge in [-0.1, -0.05) is 30.7 Å². The lowest BCUT2D eigenvalue weighted by atomic mass is 10.0. The molecule has 1 aromatic rings. The van der Waals surface area contributed by atoms with Crippen LogP contribution in [0.2, 0.25) is 5.02 Å². The van der Waals surface area contributed by atoms with Gasteiger partial charge in [0.05, 0.1) is 6.54 Å². The van der Waals surface area contributed by atoms with Gasteiger partial charge in [0.1, 0.15) is 0 Å². The summed E-state index contributed by atoms with van der Waals surface area (Å²) in [4.78, 5) is 15.4. The van der Waals surface area contributed by atoms with E-state index in [1.165, 1.54) is 5.56 Å². The summed E-state index contributed by atoms with van der Waals surface area (Å²) >= 11 is 6.00. The number of carbonyl (C=O) groups is 1. The first-order chi connectivity index (χ1) is 11.0. The number of likely N-dealkylation sites (N-methyl/N-ethyl adjacent to an activating group) is 1. The van der Waals surface area contributed by atoms with E-state index >= 15 is 0 Å². The zero-order valence-electron chi connectivity index (χ0n) is 14.0. The molecule has 0 bridgehead atoms. The van der Waals surface area contributed by atoms with Crippen molar-refractivity contribution in [2.75, 3.05) is 26.7 Å². The first-order valence-corrected chi connectivity index (χ1v) is 8.80. The minimum absolute atomic E-state index is 0.124. The molecule has 0 radical (unpaired) electrons. The molecular formula is C18H27ClN2O2. The molecule has 5 heteroatoms. The van der Waals surface area contributed by atoms with Gasteiger partial charge in [0, 0.05) is 23.7 Å². The van der Waals surface area contributed by atoms with E-state index < -0.39 is 5.97 Å². The van der Waals surface area contributed by atoms with E-state index in [4.69, 9.17) is 16.7 Å². The zero-order valence-corrected chi connectivity index (χ0v) is 14.8. The van der Waals surface area contributed by atoms with Crippen LogP contribution in [0.4, 0.5) is 0 Å². The SMILES string of the molecule is CCC(c1ccc(Cl)cc1)N1CCCC(N(C)CC(=O)O)CC1. The fourth-order valence-corrected chi connectivity index (χ4v) is 3.71. The van der Waals surface area contributed by atoms with Crippen LogP contribution in [0, 0.1) is 0 Å². The van der Waals surface area contributed by atoms with Crippen LogP contribution in [-0.2, 0) is 4.79 Å². The molecule has 2 atom stereocenters. The molecule has 4 nitrogen and oxygen atoms in total. The highest BCUT2D eigenvalue weighted by Gasteiger charge is 2.25. The topological polar surface area (TPSA) is 43.8 Å². The third kappa shape index (κ3) is 5.20. The van der Waals surface area contributed by atoms with E-state index in [2.05, 4.69) is 24.0 Å². The van der Waals surface area contributed by atoms with Gasteiger partial charge >= 0.3 is 5.97 Å². The predicted molar refractivity (Wildman–Crippen MR) is 94.0 cm³/mol. The Labute approximate surface area is 144 Å². The average molecular weight is 339 g/mol. The van der Waals surface area contributed by atoms with Gasteiger partial charge in [0.2, 0.25) is 0 Å². The van der Waals surface area contributed by atoms with Crippen LogP contribution >= 0.6 is 11.6 Å². The summed E-state index contributed by atoms with van der Waals surface area (Å²) in [5.74, 6) is -0.749. The van der Waals surface area contributed by atoms with Gasteiger partial charge in [0.25, 0.3) is 0 Å². The summed E-state index contributed by atoms with van der Waals surface area (Å²) < 4.78 is 0. The van der Waals surface area contributed by atoms with Gasteiger partial charge in [-0.15, -0.1) is 0 Å². The molecule has 1 aromatic carbocycles. The molecule has 23 heavy (non-hydrogen) atoms. The molecule has 2 rings (SSSR count). The van der Waals surface area contributed by atoms with Crippen LogP contribution in [-0.4, -0.2) is 53.6 Å². The number of halogens is 1. The van der Waals surface area contributed by atoms with Crippen molar-refractivity contribution in [2.45, 2.75) is 44.7 Å². The molecule has 2 unspecified atom stereocenters. The Morgan fingerprint density at radius 3 is 2.65 bits per heavy atom. The molecule has 0 amide bonds. The largest absolute Gasteiger partial charge is 0.480 e. The van der Waals surface area contributed by atoms with Crippen LogP contribution in [0.5, 0.6) is 0 Å². The lowest BCUT2D eigenvalue weighted by Crippen LogP contribution is -2.37. The second-order valence-corrected chi connectivity index (χ2v) is 6.84. The first kappa shape index (κ1) is 18.2. The van der Waals surface area contributed by atoms with E-state index in [1.54, 1.807) is 0 Å². The molecule has 0 spiro atoms. The molecule has 1 saturated heterocycles. The van der Waals surface area contributed by atoms with Gasteiger partial charge in [-0.3, -0.25) is 14.6 Å². The predicted octanol–water partition coefficient (Wildman–Crippen LogP) is 3.66. The maximum absolute atomic E-state index is 10.9. The van der Waals surface area contributed by atoms with Gasteiger partial charge in [-0.2, -0.15) is 0 Å². The number of rotatable bonds is 6. The number of carboxylic acids is 1. The Morgan fingerprint density at radius 2 is 2.04 bits per heavy atom. The van der Waals surface area contributed by atoms with Crippen LogP contribution in [0.1, 0.15) is 44.2 Å². The van der Waals surface area contributed by atoms with Gasteiger partial charge < -0.3 is 5.11 Å². The highest BCUT2D eigenvalue weighted by atomic mass is 35.5. The molecule has 1 N–H and O–H groups in total. The summed E-state index contributed by atoms with van der Waals surface area (Å²) in [6.45, 7) is 4.42. The first-order valence-electron chi connectivity index (χ1n) is 8.42. The van der Waals surface area contributed by atoms with Crippen molar-refractivity contribution >= 4 is 17.6 Å². The van der Waals surface area contributed by atoms with Crippen LogP contribution < -0.4 is 0 Å². The number of hydrogen-bond donors (Lipinski definition) is 1. The highest BCUT2D eigenvalue weighted by Crippen LogP contribution is 2.28. The van der Waals surface area contributed by atoms with Crippen molar-refractivity contribution in [3.63, 3.8) is 0 Å². The fourth-order valence-electron chi connectivity index (χ4n) is 3.59. The highest BCUT2D eigenvalue weighted by molar-refractivity contribution is 6.30. The van der Waals surface area contributed by atoms with Crippen molar-refractivity contribution in [3.8, 4) is 0 Å². The van der Waals surface area contributed by atoms with Gasteiger partial charge in [-0.25, -0.2) is 0 Å². The van der Waals surface area contributed by atoms with E-state index in [0.717, 1.165) is 43.8 Å². The smallest absolute Gasteiger partial charge is 0.317 e. The molecule has 1 aliphatic rings. The summed E-state index contributed by atoms with van der Waals surface area (Å²) in [6, 6.07) is 8.93. The second-order valence-electron chi connectivity index (χ2n) is 6.41. The molecule has 1 heterocycles. The van der Waals surface area contributed by atoms with Crippen molar-refractivity contribution in [3.05, 3.63) is 34.9 Å². The molecule has 0 aliphatic carbocycles. The lowest BCUT2D eigenvalue weighted by Gasteiger charge is -2.31. The van der Waals surface area contributed by atoms with Gasteiger partial charge in [0.15, 0.2) is 0 Å². The van der Waals surface area contributed by atoms with Crippen molar-refractivity contribution in [2.24, 2.45) is 0 Å². The number of aliphatic carboxylic acids is 1. The Morgan fingerprint density at radius 1 is 1.35 bits per heavy atom. The molecule has 1 fully saturated rings. The molecule has 0 saturated carbocycles. The number of benzene rings is 1. The third-order valence-corrected chi connectivity index (χ3v) is 5.07. The van der Waals surface area contributed by atoms with Crippen LogP contribution in [0.3, 0.4) is 0 Å². The second kappa shape index (κ2) is 8.67. The van der Waals surface area contributed by atoms with Crippen LogP contribution in [0.15, 0.2) is 24.3 Å². The summed E-state index contributed by atoms with van der Waals surface area (Å²) in [6.07, 6.45) is 4.27. The van der Waals surface area contributed by atoms with E-state index in [1.807, 2.05) is 24.1 Å². The Bertz CT molecular complexity index is 506. The molecule has 1 aliphatic heterocycles. The van der Waals surface area contributed by atoms with Crippen molar-refractivity contribution in [1.29, 1.82) is 0 Å². The lowest BCUT2D eigenvalue weighted by molar-refractivity contribution is -0.138.